The second kappa shape index (κ2) is 3.47. The number of thiazole rings is 1. The minimum absolute atomic E-state index is 0.367. The van der Waals surface area contributed by atoms with E-state index in [0.29, 0.717) is 16.6 Å². The molecular formula is C13H16N2O2S. The van der Waals surface area contributed by atoms with Crippen LogP contribution in [-0.4, -0.2) is 22.1 Å². The van der Waals surface area contributed by atoms with Crippen LogP contribution in [0, 0.1) is 30.6 Å². The van der Waals surface area contributed by atoms with Gasteiger partial charge < -0.3 is 10.4 Å². The molecule has 3 aliphatic rings. The maximum Gasteiger partial charge on any atom is 0.347 e. The predicted octanol–water partition coefficient (Wildman–Crippen LogP) is 2.61. The van der Waals surface area contributed by atoms with Gasteiger partial charge in [0.05, 0.1) is 5.69 Å². The molecule has 1 aromatic heterocycles. The van der Waals surface area contributed by atoms with E-state index in [1.807, 2.05) is 0 Å². The Bertz CT molecular complexity index is 511. The van der Waals surface area contributed by atoms with Crippen molar-refractivity contribution in [2.24, 2.45) is 23.7 Å². The number of aryl methyl sites for hydroxylation is 1. The smallest absolute Gasteiger partial charge is 0.347 e. The Balaban J connectivity index is 1.50. The zero-order valence-corrected chi connectivity index (χ0v) is 11.0. The fraction of sp³-hybridized carbons (Fsp3) is 0.692. The third-order valence-corrected chi connectivity index (χ3v) is 6.09. The van der Waals surface area contributed by atoms with Crippen LogP contribution < -0.4 is 5.32 Å². The Morgan fingerprint density at radius 1 is 1.39 bits per heavy atom. The number of carboxylic acid groups (broad SMARTS) is 1. The minimum atomic E-state index is -0.867. The van der Waals surface area contributed by atoms with Gasteiger partial charge in [-0.15, -0.1) is 0 Å². The highest BCUT2D eigenvalue weighted by Crippen LogP contribution is 2.66. The van der Waals surface area contributed by atoms with Gasteiger partial charge in [-0.25, -0.2) is 9.78 Å². The van der Waals surface area contributed by atoms with Crippen LogP contribution in [0.15, 0.2) is 0 Å². The Morgan fingerprint density at radius 2 is 2.06 bits per heavy atom. The third-order valence-electron chi connectivity index (χ3n) is 5.02. The summed E-state index contributed by atoms with van der Waals surface area (Å²) in [7, 11) is 0. The lowest BCUT2D eigenvalue weighted by Gasteiger charge is -2.08. The zero-order valence-electron chi connectivity index (χ0n) is 10.2. The normalized spacial score (nSPS) is 39.7. The van der Waals surface area contributed by atoms with E-state index in [4.69, 9.17) is 5.11 Å². The number of rotatable bonds is 3. The van der Waals surface area contributed by atoms with Gasteiger partial charge in [0, 0.05) is 6.04 Å². The molecule has 0 saturated heterocycles. The summed E-state index contributed by atoms with van der Waals surface area (Å²) in [6.45, 7) is 1.77. The molecule has 5 heteroatoms. The fourth-order valence-corrected chi connectivity index (χ4v) is 5.17. The van der Waals surface area contributed by atoms with Crippen molar-refractivity contribution < 1.29 is 9.90 Å². The van der Waals surface area contributed by atoms with Crippen molar-refractivity contribution in [3.8, 4) is 0 Å². The van der Waals surface area contributed by atoms with Crippen molar-refractivity contribution in [3.05, 3.63) is 10.6 Å². The first-order chi connectivity index (χ1) is 8.65. The van der Waals surface area contributed by atoms with Crippen LogP contribution in [0.5, 0.6) is 0 Å². The Labute approximate surface area is 109 Å². The van der Waals surface area contributed by atoms with Crippen molar-refractivity contribution in [1.82, 2.24) is 4.98 Å². The van der Waals surface area contributed by atoms with Gasteiger partial charge in [0.25, 0.3) is 0 Å². The molecule has 2 N–H and O–H groups in total. The lowest BCUT2D eigenvalue weighted by Crippen LogP contribution is -2.12. The van der Waals surface area contributed by atoms with Crippen LogP contribution in [0.3, 0.4) is 0 Å². The van der Waals surface area contributed by atoms with Gasteiger partial charge in [-0.2, -0.15) is 0 Å². The molecule has 0 aromatic carbocycles. The number of aromatic carboxylic acids is 1. The molecule has 2 bridgehead atoms. The quantitative estimate of drug-likeness (QED) is 0.881. The summed E-state index contributed by atoms with van der Waals surface area (Å²) in [5.74, 6) is 2.69. The standard InChI is InChI=1S/C13H16N2O2S/c1-5-11(12(16)17)18-13(14-5)15-10-8-6-2-3-7(4-6)9(8)10/h6-10H,2-4H2,1H3,(H,14,15)(H,16,17). The molecular weight excluding hydrogens is 248 g/mol. The Hall–Kier alpha value is -1.10. The van der Waals surface area contributed by atoms with E-state index in [0.717, 1.165) is 28.8 Å². The number of carboxylic acids is 1. The van der Waals surface area contributed by atoms with Gasteiger partial charge in [-0.3, -0.25) is 0 Å². The SMILES string of the molecule is Cc1nc(NC2C3C4CCC(C4)C23)sc1C(=O)O. The van der Waals surface area contributed by atoms with Crippen molar-refractivity contribution in [2.45, 2.75) is 32.2 Å². The molecule has 3 saturated carbocycles. The Morgan fingerprint density at radius 3 is 2.61 bits per heavy atom. The van der Waals surface area contributed by atoms with E-state index in [2.05, 4.69) is 10.3 Å². The summed E-state index contributed by atoms with van der Waals surface area (Å²) in [6.07, 6.45) is 4.24. The van der Waals surface area contributed by atoms with Crippen LogP contribution >= 0.6 is 11.3 Å². The van der Waals surface area contributed by atoms with Crippen LogP contribution in [0.25, 0.3) is 0 Å². The van der Waals surface area contributed by atoms with E-state index in [1.54, 1.807) is 6.92 Å². The third kappa shape index (κ3) is 1.37. The van der Waals surface area contributed by atoms with E-state index < -0.39 is 5.97 Å². The van der Waals surface area contributed by atoms with Gasteiger partial charge in [0.2, 0.25) is 0 Å². The monoisotopic (exact) mass is 264 g/mol. The molecule has 1 heterocycles. The second-order valence-electron chi connectivity index (χ2n) is 5.90. The predicted molar refractivity (Wildman–Crippen MR) is 69.0 cm³/mol. The fourth-order valence-electron chi connectivity index (χ4n) is 4.32. The molecule has 3 aliphatic carbocycles. The van der Waals surface area contributed by atoms with Crippen LogP contribution in [-0.2, 0) is 0 Å². The molecule has 0 radical (unpaired) electrons. The van der Waals surface area contributed by atoms with E-state index >= 15 is 0 Å². The highest BCUT2D eigenvalue weighted by atomic mass is 32.1. The highest BCUT2D eigenvalue weighted by Gasteiger charge is 2.65. The molecule has 0 aliphatic heterocycles. The van der Waals surface area contributed by atoms with Crippen molar-refractivity contribution in [1.29, 1.82) is 0 Å². The number of nitrogens with one attached hydrogen (secondary N) is 1. The number of nitrogens with zero attached hydrogens (tertiary/aromatic N) is 1. The van der Waals surface area contributed by atoms with E-state index in [9.17, 15) is 4.79 Å². The molecule has 3 fully saturated rings. The molecule has 4 atom stereocenters. The van der Waals surface area contributed by atoms with Crippen LogP contribution in [0.4, 0.5) is 5.13 Å². The van der Waals surface area contributed by atoms with Crippen LogP contribution in [0.1, 0.15) is 34.6 Å². The lowest BCUT2D eigenvalue weighted by atomic mass is 10.0. The van der Waals surface area contributed by atoms with Crippen molar-refractivity contribution in [3.63, 3.8) is 0 Å². The first-order valence-corrected chi connectivity index (χ1v) is 7.44. The highest BCUT2D eigenvalue weighted by molar-refractivity contribution is 7.17. The molecule has 1 aromatic rings. The largest absolute Gasteiger partial charge is 0.477 e. The van der Waals surface area contributed by atoms with Gasteiger partial charge in [-0.05, 0) is 49.9 Å². The lowest BCUT2D eigenvalue weighted by molar-refractivity contribution is 0.0701. The number of anilines is 1. The van der Waals surface area contributed by atoms with Gasteiger partial charge in [-0.1, -0.05) is 11.3 Å². The average molecular weight is 264 g/mol. The number of hydrogen-bond acceptors (Lipinski definition) is 4. The molecule has 4 nitrogen and oxygen atoms in total. The number of fused-ring (bicyclic) bond motifs is 5. The molecule has 4 unspecified atom stereocenters. The minimum Gasteiger partial charge on any atom is -0.477 e. The van der Waals surface area contributed by atoms with Gasteiger partial charge in [0.15, 0.2) is 5.13 Å². The first-order valence-electron chi connectivity index (χ1n) is 6.62. The van der Waals surface area contributed by atoms with Gasteiger partial charge in [0.1, 0.15) is 4.88 Å². The summed E-state index contributed by atoms with van der Waals surface area (Å²) in [4.78, 5) is 15.7. The van der Waals surface area contributed by atoms with E-state index in [1.165, 1.54) is 30.6 Å². The molecule has 0 amide bonds. The van der Waals surface area contributed by atoms with Crippen LogP contribution in [0.2, 0.25) is 0 Å². The maximum absolute atomic E-state index is 11.0. The molecule has 96 valence electrons. The summed E-state index contributed by atoms with van der Waals surface area (Å²) in [5, 5.41) is 13.3. The summed E-state index contributed by atoms with van der Waals surface area (Å²) < 4.78 is 0. The number of aromatic nitrogens is 1. The molecule has 0 spiro atoms. The number of hydrogen-bond donors (Lipinski definition) is 2. The summed E-state index contributed by atoms with van der Waals surface area (Å²) in [5.41, 5.74) is 0.629. The Kier molecular flexibility index (Phi) is 2.08. The topological polar surface area (TPSA) is 62.2 Å². The van der Waals surface area contributed by atoms with Crippen molar-refractivity contribution >= 4 is 22.4 Å². The number of carbonyl (C=O) groups is 1. The van der Waals surface area contributed by atoms with Crippen molar-refractivity contribution in [2.75, 3.05) is 5.32 Å². The first kappa shape index (κ1) is 10.8. The zero-order chi connectivity index (χ0) is 12.4. The average Bonchev–Trinajstić information content (AvgIpc) is 2.71. The molecule has 4 rings (SSSR count). The molecule has 18 heavy (non-hydrogen) atoms. The summed E-state index contributed by atoms with van der Waals surface area (Å²) in [6, 6.07) is 0.573. The maximum atomic E-state index is 11.0. The van der Waals surface area contributed by atoms with Gasteiger partial charge >= 0.3 is 5.97 Å². The second-order valence-corrected chi connectivity index (χ2v) is 6.90. The van der Waals surface area contributed by atoms with E-state index in [-0.39, 0.29) is 0 Å². The summed E-state index contributed by atoms with van der Waals surface area (Å²) >= 11 is 1.28.